The van der Waals surface area contributed by atoms with E-state index >= 15 is 0 Å². The number of nitrogens with zero attached hydrogens (tertiary/aromatic N) is 4. The van der Waals surface area contributed by atoms with Crippen LogP contribution >= 0.6 is 0 Å². The number of hydrogen-bond donors (Lipinski definition) is 0. The van der Waals surface area contributed by atoms with Crippen LogP contribution in [0.3, 0.4) is 0 Å². The van der Waals surface area contributed by atoms with E-state index in [0.717, 1.165) is 0 Å². The minimum atomic E-state index is -0.507. The van der Waals surface area contributed by atoms with Crippen molar-refractivity contribution in [3.05, 3.63) is 74.6 Å². The van der Waals surface area contributed by atoms with E-state index < -0.39 is 9.85 Å². The summed E-state index contributed by atoms with van der Waals surface area (Å²) < 4.78 is 5.60. The number of nitro groups is 2. The van der Waals surface area contributed by atoms with E-state index in [4.69, 9.17) is 4.74 Å². The molecule has 0 radical (unpaired) electrons. The minimum Gasteiger partial charge on any atom is -0.472 e. The Labute approximate surface area is 134 Å². The first-order chi connectivity index (χ1) is 11.5. The number of rotatable bonds is 5. The Morgan fingerprint density at radius 2 is 1.58 bits per heavy atom. The fourth-order valence-electron chi connectivity index (χ4n) is 2.12. The Balaban J connectivity index is 1.85. The third-order valence-electron chi connectivity index (χ3n) is 3.32. The zero-order chi connectivity index (χ0) is 17.1. The first kappa shape index (κ1) is 15.3. The van der Waals surface area contributed by atoms with Gasteiger partial charge in [-0.3, -0.25) is 20.2 Å². The van der Waals surface area contributed by atoms with Crippen molar-refractivity contribution in [3.63, 3.8) is 0 Å². The van der Waals surface area contributed by atoms with Gasteiger partial charge in [0.15, 0.2) is 0 Å². The lowest BCUT2D eigenvalue weighted by Crippen LogP contribution is -1.99. The second-order valence-corrected chi connectivity index (χ2v) is 4.85. The molecule has 0 amide bonds. The van der Waals surface area contributed by atoms with Gasteiger partial charge in [-0.15, -0.1) is 0 Å². The molecule has 1 heterocycles. The summed E-state index contributed by atoms with van der Waals surface area (Å²) in [6.07, 6.45) is 1.30. The van der Waals surface area contributed by atoms with Crippen LogP contribution in [0.2, 0.25) is 0 Å². The second kappa shape index (κ2) is 6.24. The Morgan fingerprint density at radius 1 is 0.917 bits per heavy atom. The first-order valence-corrected chi connectivity index (χ1v) is 6.80. The minimum absolute atomic E-state index is 0.0122. The zero-order valence-corrected chi connectivity index (χ0v) is 12.2. The topological polar surface area (TPSA) is 121 Å². The number of benzene rings is 2. The van der Waals surface area contributed by atoms with Gasteiger partial charge in [-0.2, -0.15) is 0 Å². The Bertz CT molecular complexity index is 927. The van der Waals surface area contributed by atoms with Crippen molar-refractivity contribution >= 4 is 22.3 Å². The summed E-state index contributed by atoms with van der Waals surface area (Å²) in [5, 5.41) is 21.9. The van der Waals surface area contributed by atoms with Gasteiger partial charge >= 0.3 is 0 Å². The standard InChI is InChI=1S/C15H10N4O5/c20-18(21)11-3-1-10(2-4-11)8-24-15-13-7-12(19(22)23)5-6-14(13)16-9-17-15/h1-7,9H,8H2. The highest BCUT2D eigenvalue weighted by Gasteiger charge is 2.12. The summed E-state index contributed by atoms with van der Waals surface area (Å²) in [7, 11) is 0. The average Bonchev–Trinajstić information content (AvgIpc) is 2.59. The number of non-ortho nitro benzene ring substituents is 2. The largest absolute Gasteiger partial charge is 0.472 e. The normalized spacial score (nSPS) is 10.5. The van der Waals surface area contributed by atoms with Crippen LogP contribution in [-0.2, 0) is 6.61 Å². The molecule has 3 aromatic rings. The number of ether oxygens (including phenoxy) is 1. The molecule has 0 spiro atoms. The fourth-order valence-corrected chi connectivity index (χ4v) is 2.12. The molecule has 24 heavy (non-hydrogen) atoms. The molecule has 0 N–H and O–H groups in total. The predicted molar refractivity (Wildman–Crippen MR) is 83.6 cm³/mol. The lowest BCUT2D eigenvalue weighted by molar-refractivity contribution is -0.385. The fraction of sp³-hybridized carbons (Fsp3) is 0.0667. The van der Waals surface area contributed by atoms with E-state index in [1.54, 1.807) is 12.1 Å². The number of aromatic nitrogens is 2. The maximum atomic E-state index is 10.9. The van der Waals surface area contributed by atoms with Crippen molar-refractivity contribution in [1.82, 2.24) is 9.97 Å². The van der Waals surface area contributed by atoms with Crippen LogP contribution in [0.25, 0.3) is 10.9 Å². The van der Waals surface area contributed by atoms with Crippen molar-refractivity contribution in [2.24, 2.45) is 0 Å². The molecule has 9 heteroatoms. The van der Waals surface area contributed by atoms with Gasteiger partial charge in [0.2, 0.25) is 5.88 Å². The van der Waals surface area contributed by atoms with Crippen LogP contribution in [0.15, 0.2) is 48.8 Å². The summed E-state index contributed by atoms with van der Waals surface area (Å²) in [4.78, 5) is 28.6. The molecule has 0 saturated carbocycles. The van der Waals surface area contributed by atoms with Gasteiger partial charge in [-0.05, 0) is 23.8 Å². The summed E-state index contributed by atoms with van der Waals surface area (Å²) in [5.41, 5.74) is 1.13. The van der Waals surface area contributed by atoms with E-state index in [-0.39, 0.29) is 23.9 Å². The summed E-state index contributed by atoms with van der Waals surface area (Å²) in [6.45, 7) is 0.118. The van der Waals surface area contributed by atoms with Gasteiger partial charge in [-0.1, -0.05) is 0 Å². The molecule has 0 saturated heterocycles. The van der Waals surface area contributed by atoms with Crippen LogP contribution in [0.5, 0.6) is 5.88 Å². The van der Waals surface area contributed by atoms with E-state index in [1.165, 1.54) is 36.7 Å². The van der Waals surface area contributed by atoms with Crippen molar-refractivity contribution in [1.29, 1.82) is 0 Å². The zero-order valence-electron chi connectivity index (χ0n) is 12.2. The van der Waals surface area contributed by atoms with E-state index in [2.05, 4.69) is 9.97 Å². The average molecular weight is 326 g/mol. The lowest BCUT2D eigenvalue weighted by atomic mass is 10.2. The molecule has 9 nitrogen and oxygen atoms in total. The summed E-state index contributed by atoms with van der Waals surface area (Å²) in [6, 6.07) is 10.1. The molecule has 0 bridgehead atoms. The first-order valence-electron chi connectivity index (χ1n) is 6.80. The molecular weight excluding hydrogens is 316 g/mol. The van der Waals surface area contributed by atoms with Crippen LogP contribution in [0.1, 0.15) is 5.56 Å². The van der Waals surface area contributed by atoms with Gasteiger partial charge in [0.1, 0.15) is 12.9 Å². The van der Waals surface area contributed by atoms with Crippen LogP contribution in [0, 0.1) is 20.2 Å². The van der Waals surface area contributed by atoms with E-state index in [1.807, 2.05) is 0 Å². The van der Waals surface area contributed by atoms with Crippen molar-refractivity contribution in [2.75, 3.05) is 0 Å². The highest BCUT2D eigenvalue weighted by Crippen LogP contribution is 2.26. The maximum Gasteiger partial charge on any atom is 0.270 e. The number of nitro benzene ring substituents is 2. The third-order valence-corrected chi connectivity index (χ3v) is 3.32. The molecule has 0 aliphatic heterocycles. The molecule has 3 rings (SSSR count). The van der Waals surface area contributed by atoms with E-state index in [9.17, 15) is 20.2 Å². The quantitative estimate of drug-likeness (QED) is 0.521. The summed E-state index contributed by atoms with van der Waals surface area (Å²) in [5.74, 6) is 0.210. The molecule has 120 valence electrons. The third kappa shape index (κ3) is 3.09. The Morgan fingerprint density at radius 3 is 2.25 bits per heavy atom. The molecule has 0 aliphatic carbocycles. The molecule has 0 atom stereocenters. The SMILES string of the molecule is O=[N+]([O-])c1ccc(COc2ncnc3ccc([N+](=O)[O-])cc23)cc1. The second-order valence-electron chi connectivity index (χ2n) is 4.85. The summed E-state index contributed by atoms with van der Waals surface area (Å²) >= 11 is 0. The van der Waals surface area contributed by atoms with Crippen molar-refractivity contribution in [3.8, 4) is 5.88 Å². The smallest absolute Gasteiger partial charge is 0.270 e. The van der Waals surface area contributed by atoms with Crippen molar-refractivity contribution in [2.45, 2.75) is 6.61 Å². The molecule has 2 aromatic carbocycles. The molecule has 0 fully saturated rings. The van der Waals surface area contributed by atoms with Crippen LogP contribution < -0.4 is 4.74 Å². The monoisotopic (exact) mass is 326 g/mol. The lowest BCUT2D eigenvalue weighted by Gasteiger charge is -2.07. The molecular formula is C15H10N4O5. The van der Waals surface area contributed by atoms with Gasteiger partial charge in [0.05, 0.1) is 20.7 Å². The van der Waals surface area contributed by atoms with Gasteiger partial charge in [0.25, 0.3) is 11.4 Å². The van der Waals surface area contributed by atoms with Crippen LogP contribution in [0.4, 0.5) is 11.4 Å². The van der Waals surface area contributed by atoms with Gasteiger partial charge in [0, 0.05) is 24.3 Å². The number of hydrogen-bond acceptors (Lipinski definition) is 7. The highest BCUT2D eigenvalue weighted by atomic mass is 16.6. The molecule has 0 aliphatic rings. The van der Waals surface area contributed by atoms with Gasteiger partial charge < -0.3 is 4.74 Å². The van der Waals surface area contributed by atoms with Crippen LogP contribution in [-0.4, -0.2) is 19.8 Å². The number of fused-ring (bicyclic) bond motifs is 1. The molecule has 0 unspecified atom stereocenters. The highest BCUT2D eigenvalue weighted by molar-refractivity contribution is 5.85. The Kier molecular flexibility index (Phi) is 3.98. The Hall–Kier alpha value is -3.62. The van der Waals surface area contributed by atoms with Crippen molar-refractivity contribution < 1.29 is 14.6 Å². The van der Waals surface area contributed by atoms with E-state index in [0.29, 0.717) is 16.5 Å². The van der Waals surface area contributed by atoms with Gasteiger partial charge in [-0.25, -0.2) is 9.97 Å². The molecule has 1 aromatic heterocycles. The predicted octanol–water partition coefficient (Wildman–Crippen LogP) is 3.03. The maximum absolute atomic E-state index is 10.9.